The predicted molar refractivity (Wildman–Crippen MR) is 70.6 cm³/mol. The van der Waals surface area contributed by atoms with Crippen LogP contribution in [0.1, 0.15) is 24.8 Å². The number of nitriles is 1. The van der Waals surface area contributed by atoms with Crippen LogP contribution in [0.2, 0.25) is 5.02 Å². The lowest BCUT2D eigenvalue weighted by molar-refractivity contribution is 0.200. The largest absolute Gasteiger partial charge is 0.325 e. The number of amides is 2. The summed E-state index contributed by atoms with van der Waals surface area (Å²) in [5.41, 5.74) is 1.03. The summed E-state index contributed by atoms with van der Waals surface area (Å²) in [7, 11) is 0. The lowest BCUT2D eigenvalue weighted by atomic mass is 10.1. The molecule has 2 amide bonds. The summed E-state index contributed by atoms with van der Waals surface area (Å²) in [6, 6.07) is 6.77. The molecule has 0 unspecified atom stereocenters. The summed E-state index contributed by atoms with van der Waals surface area (Å²) < 4.78 is 0. The molecule has 94 valence electrons. The first kappa shape index (κ1) is 12.7. The number of hydrogen-bond acceptors (Lipinski definition) is 2. The number of nitrogens with zero attached hydrogens (tertiary/aromatic N) is 2. The van der Waals surface area contributed by atoms with E-state index in [2.05, 4.69) is 5.32 Å². The second-order valence-corrected chi connectivity index (χ2v) is 4.69. The van der Waals surface area contributed by atoms with Crippen molar-refractivity contribution in [3.63, 3.8) is 0 Å². The first-order chi connectivity index (χ1) is 8.70. The third-order valence-electron chi connectivity index (χ3n) is 2.98. The van der Waals surface area contributed by atoms with Crippen LogP contribution in [0.4, 0.5) is 10.5 Å². The minimum atomic E-state index is -0.101. The molecule has 2 rings (SSSR count). The first-order valence-electron chi connectivity index (χ1n) is 5.96. The zero-order valence-electron chi connectivity index (χ0n) is 9.95. The van der Waals surface area contributed by atoms with E-state index in [1.807, 2.05) is 6.07 Å². The molecular weight excluding hydrogens is 250 g/mol. The van der Waals surface area contributed by atoms with Crippen molar-refractivity contribution in [2.75, 3.05) is 18.4 Å². The fourth-order valence-electron chi connectivity index (χ4n) is 1.98. The van der Waals surface area contributed by atoms with Crippen LogP contribution in [0.25, 0.3) is 0 Å². The molecule has 18 heavy (non-hydrogen) atoms. The fraction of sp³-hybridized carbons (Fsp3) is 0.385. The van der Waals surface area contributed by atoms with Gasteiger partial charge in [0.1, 0.15) is 6.07 Å². The highest BCUT2D eigenvalue weighted by Crippen LogP contribution is 2.21. The second kappa shape index (κ2) is 5.74. The molecular formula is C13H14ClN3O. The van der Waals surface area contributed by atoms with Crippen molar-refractivity contribution in [3.8, 4) is 6.07 Å². The van der Waals surface area contributed by atoms with Crippen molar-refractivity contribution in [2.24, 2.45) is 0 Å². The van der Waals surface area contributed by atoms with Gasteiger partial charge in [-0.25, -0.2) is 4.79 Å². The van der Waals surface area contributed by atoms with E-state index < -0.39 is 0 Å². The van der Waals surface area contributed by atoms with E-state index in [9.17, 15) is 4.79 Å². The van der Waals surface area contributed by atoms with Gasteiger partial charge in [-0.1, -0.05) is 11.6 Å². The Bertz CT molecular complexity index is 489. The van der Waals surface area contributed by atoms with Gasteiger partial charge >= 0.3 is 6.03 Å². The van der Waals surface area contributed by atoms with Gasteiger partial charge in [-0.15, -0.1) is 0 Å². The molecule has 0 aliphatic carbocycles. The van der Waals surface area contributed by atoms with Crippen molar-refractivity contribution in [3.05, 3.63) is 28.8 Å². The summed E-state index contributed by atoms with van der Waals surface area (Å²) in [4.78, 5) is 13.7. The predicted octanol–water partition coefficient (Wildman–Crippen LogP) is 3.23. The third kappa shape index (κ3) is 2.93. The maximum atomic E-state index is 11.9. The number of urea groups is 1. The van der Waals surface area contributed by atoms with Crippen molar-refractivity contribution < 1.29 is 4.79 Å². The molecule has 1 aliphatic heterocycles. The van der Waals surface area contributed by atoms with Gasteiger partial charge in [-0.05, 0) is 37.5 Å². The maximum Gasteiger partial charge on any atom is 0.321 e. The smallest absolute Gasteiger partial charge is 0.321 e. The molecule has 0 bridgehead atoms. The number of nitrogens with one attached hydrogen (secondary N) is 1. The van der Waals surface area contributed by atoms with Gasteiger partial charge in [-0.3, -0.25) is 0 Å². The number of hydrogen-bond donors (Lipinski definition) is 1. The molecule has 0 saturated carbocycles. The topological polar surface area (TPSA) is 56.1 Å². The van der Waals surface area contributed by atoms with E-state index in [0.717, 1.165) is 25.9 Å². The average Bonchev–Trinajstić information content (AvgIpc) is 2.40. The zero-order valence-corrected chi connectivity index (χ0v) is 10.7. The molecule has 1 aromatic carbocycles. The van der Waals surface area contributed by atoms with Gasteiger partial charge < -0.3 is 10.2 Å². The Morgan fingerprint density at radius 2 is 2.06 bits per heavy atom. The monoisotopic (exact) mass is 263 g/mol. The van der Waals surface area contributed by atoms with Gasteiger partial charge in [-0.2, -0.15) is 5.26 Å². The molecule has 1 fully saturated rings. The molecule has 4 nitrogen and oxygen atoms in total. The van der Waals surface area contributed by atoms with E-state index in [1.165, 1.54) is 6.42 Å². The third-order valence-corrected chi connectivity index (χ3v) is 3.30. The van der Waals surface area contributed by atoms with E-state index in [-0.39, 0.29) is 6.03 Å². The summed E-state index contributed by atoms with van der Waals surface area (Å²) in [6.07, 6.45) is 3.30. The number of benzene rings is 1. The number of anilines is 1. The number of carbonyl (C=O) groups excluding carboxylic acids is 1. The van der Waals surface area contributed by atoms with Crippen LogP contribution in [0.3, 0.4) is 0 Å². The molecule has 0 atom stereocenters. The van der Waals surface area contributed by atoms with Gasteiger partial charge in [0.15, 0.2) is 0 Å². The fourth-order valence-corrected chi connectivity index (χ4v) is 2.21. The highest BCUT2D eigenvalue weighted by molar-refractivity contribution is 6.32. The number of carbonyl (C=O) groups is 1. The Labute approximate surface area is 111 Å². The van der Waals surface area contributed by atoms with Crippen molar-refractivity contribution >= 4 is 23.3 Å². The van der Waals surface area contributed by atoms with Crippen LogP contribution in [-0.2, 0) is 0 Å². The molecule has 0 radical (unpaired) electrons. The second-order valence-electron chi connectivity index (χ2n) is 4.28. The minimum Gasteiger partial charge on any atom is -0.325 e. The van der Waals surface area contributed by atoms with Gasteiger partial charge in [0.2, 0.25) is 0 Å². The lowest BCUT2D eigenvalue weighted by Crippen LogP contribution is -2.38. The van der Waals surface area contributed by atoms with Crippen molar-refractivity contribution in [2.45, 2.75) is 19.3 Å². The SMILES string of the molecule is N#Cc1ccc(NC(=O)N2CCCCC2)cc1Cl. The maximum absolute atomic E-state index is 11.9. The Balaban J connectivity index is 2.02. The van der Waals surface area contributed by atoms with Crippen LogP contribution >= 0.6 is 11.6 Å². The average molecular weight is 264 g/mol. The molecule has 1 aromatic rings. The molecule has 0 aromatic heterocycles. The number of rotatable bonds is 1. The number of piperidine rings is 1. The van der Waals surface area contributed by atoms with Crippen LogP contribution in [0.15, 0.2) is 18.2 Å². The standard InChI is InChI=1S/C13H14ClN3O/c14-12-8-11(5-4-10(12)9-15)16-13(18)17-6-2-1-3-7-17/h4-5,8H,1-3,6-7H2,(H,16,18). The summed E-state index contributed by atoms with van der Waals surface area (Å²) in [5.74, 6) is 0. The first-order valence-corrected chi connectivity index (χ1v) is 6.34. The van der Waals surface area contributed by atoms with Crippen LogP contribution in [0, 0.1) is 11.3 Å². The van der Waals surface area contributed by atoms with E-state index >= 15 is 0 Å². The highest BCUT2D eigenvalue weighted by atomic mass is 35.5. The van der Waals surface area contributed by atoms with Crippen LogP contribution in [0.5, 0.6) is 0 Å². The Morgan fingerprint density at radius 1 is 1.33 bits per heavy atom. The summed E-state index contributed by atoms with van der Waals surface area (Å²) in [5, 5.41) is 11.9. The Morgan fingerprint density at radius 3 is 2.67 bits per heavy atom. The normalized spacial score (nSPS) is 15.0. The van der Waals surface area contributed by atoms with Gasteiger partial charge in [0.05, 0.1) is 10.6 Å². The Kier molecular flexibility index (Phi) is 4.06. The molecule has 5 heteroatoms. The molecule has 1 saturated heterocycles. The number of likely N-dealkylation sites (tertiary alicyclic amines) is 1. The molecule has 1 N–H and O–H groups in total. The van der Waals surface area contributed by atoms with Crippen LogP contribution in [-0.4, -0.2) is 24.0 Å². The lowest BCUT2D eigenvalue weighted by Gasteiger charge is -2.26. The van der Waals surface area contributed by atoms with Gasteiger partial charge in [0, 0.05) is 18.8 Å². The molecule has 0 spiro atoms. The molecule has 1 heterocycles. The quantitative estimate of drug-likeness (QED) is 0.846. The summed E-state index contributed by atoms with van der Waals surface area (Å²) >= 11 is 5.91. The van der Waals surface area contributed by atoms with E-state index in [1.54, 1.807) is 23.1 Å². The minimum absolute atomic E-state index is 0.101. The summed E-state index contributed by atoms with van der Waals surface area (Å²) in [6.45, 7) is 1.60. The number of halogens is 1. The molecule has 1 aliphatic rings. The van der Waals surface area contributed by atoms with E-state index in [4.69, 9.17) is 16.9 Å². The Hall–Kier alpha value is -1.73. The van der Waals surface area contributed by atoms with Crippen molar-refractivity contribution in [1.29, 1.82) is 5.26 Å². The van der Waals surface area contributed by atoms with Crippen molar-refractivity contribution in [1.82, 2.24) is 4.90 Å². The van der Waals surface area contributed by atoms with Gasteiger partial charge in [0.25, 0.3) is 0 Å². The van der Waals surface area contributed by atoms with Crippen LogP contribution < -0.4 is 5.32 Å². The van der Waals surface area contributed by atoms with E-state index in [0.29, 0.717) is 16.3 Å². The highest BCUT2D eigenvalue weighted by Gasteiger charge is 2.16. The zero-order chi connectivity index (χ0) is 13.0.